The van der Waals surface area contributed by atoms with Crippen LogP contribution in [0.1, 0.15) is 60.8 Å². The van der Waals surface area contributed by atoms with Crippen molar-refractivity contribution in [1.29, 1.82) is 0 Å². The number of amides is 1. The van der Waals surface area contributed by atoms with E-state index in [0.717, 1.165) is 12.8 Å². The van der Waals surface area contributed by atoms with Crippen molar-refractivity contribution in [3.8, 4) is 0 Å². The van der Waals surface area contributed by atoms with Crippen molar-refractivity contribution in [2.75, 3.05) is 0 Å². The van der Waals surface area contributed by atoms with E-state index in [9.17, 15) is 9.59 Å². The largest absolute Gasteiger partial charge is 0.458 e. The third-order valence-corrected chi connectivity index (χ3v) is 3.70. The van der Waals surface area contributed by atoms with Crippen molar-refractivity contribution in [3.63, 3.8) is 0 Å². The van der Waals surface area contributed by atoms with Gasteiger partial charge < -0.3 is 14.8 Å². The van der Waals surface area contributed by atoms with Gasteiger partial charge >= 0.3 is 5.97 Å². The summed E-state index contributed by atoms with van der Waals surface area (Å²) in [5, 5.41) is 2.81. The average molecular weight is 299 g/mol. The van der Waals surface area contributed by atoms with Gasteiger partial charge in [0.2, 0.25) is 5.91 Å². The minimum absolute atomic E-state index is 0.0163. The van der Waals surface area contributed by atoms with E-state index in [0.29, 0.717) is 6.42 Å². The van der Waals surface area contributed by atoms with E-state index in [1.54, 1.807) is 0 Å². The molecule has 0 bridgehead atoms. The van der Waals surface area contributed by atoms with Crippen LogP contribution < -0.4 is 5.32 Å². The summed E-state index contributed by atoms with van der Waals surface area (Å²) in [5.74, 6) is -0.575. The second kappa shape index (κ2) is 7.25. The summed E-state index contributed by atoms with van der Waals surface area (Å²) in [6.07, 6.45) is 2.01. The van der Waals surface area contributed by atoms with Crippen LogP contribution in [0.4, 0.5) is 0 Å². The monoisotopic (exact) mass is 299 g/mol. The third kappa shape index (κ3) is 5.65. The molecule has 1 rings (SSSR count). The van der Waals surface area contributed by atoms with E-state index in [1.165, 1.54) is 0 Å². The highest BCUT2D eigenvalue weighted by atomic mass is 16.6. The first kappa shape index (κ1) is 18.0. The number of esters is 1. The second-order valence-electron chi connectivity index (χ2n) is 6.92. The quantitative estimate of drug-likeness (QED) is 0.792. The highest BCUT2D eigenvalue weighted by molar-refractivity contribution is 5.87. The molecule has 1 amide bonds. The van der Waals surface area contributed by atoms with Gasteiger partial charge in [-0.25, -0.2) is 4.79 Å². The SMILES string of the molecule is CC[C@H](C)[C@H](NC(=O)C1CCC(C)O1)C(=O)OC(C)(C)C. The molecule has 122 valence electrons. The molecule has 0 radical (unpaired) electrons. The zero-order valence-electron chi connectivity index (χ0n) is 14.1. The first-order valence-corrected chi connectivity index (χ1v) is 7.82. The average Bonchev–Trinajstić information content (AvgIpc) is 2.79. The minimum atomic E-state index is -0.624. The molecule has 1 fully saturated rings. The number of hydrogen-bond acceptors (Lipinski definition) is 4. The fourth-order valence-corrected chi connectivity index (χ4v) is 2.28. The Kier molecular flexibility index (Phi) is 6.20. The van der Waals surface area contributed by atoms with Gasteiger partial charge in [-0.15, -0.1) is 0 Å². The van der Waals surface area contributed by atoms with Crippen LogP contribution in [0.5, 0.6) is 0 Å². The molecule has 0 aromatic rings. The van der Waals surface area contributed by atoms with Crippen LogP contribution in [0.25, 0.3) is 0 Å². The predicted molar refractivity (Wildman–Crippen MR) is 80.8 cm³/mol. The van der Waals surface area contributed by atoms with E-state index in [2.05, 4.69) is 5.32 Å². The maximum atomic E-state index is 12.3. The minimum Gasteiger partial charge on any atom is -0.458 e. The van der Waals surface area contributed by atoms with Crippen molar-refractivity contribution < 1.29 is 19.1 Å². The Bertz CT molecular complexity index is 375. The molecule has 5 nitrogen and oxygen atoms in total. The molecule has 1 aliphatic heterocycles. The lowest BCUT2D eigenvalue weighted by molar-refractivity contribution is -0.161. The Morgan fingerprint density at radius 3 is 2.38 bits per heavy atom. The number of carbonyl (C=O) groups excluding carboxylic acids is 2. The maximum absolute atomic E-state index is 12.3. The molecule has 1 heterocycles. The normalized spacial score (nSPS) is 25.2. The lowest BCUT2D eigenvalue weighted by Crippen LogP contribution is -2.50. The fraction of sp³-hybridized carbons (Fsp3) is 0.875. The maximum Gasteiger partial charge on any atom is 0.329 e. The van der Waals surface area contributed by atoms with Gasteiger partial charge in [0.05, 0.1) is 6.10 Å². The number of ether oxygens (including phenoxy) is 2. The lowest BCUT2D eigenvalue weighted by Gasteiger charge is -2.28. The van der Waals surface area contributed by atoms with Gasteiger partial charge in [0.1, 0.15) is 17.7 Å². The molecule has 2 unspecified atom stereocenters. The van der Waals surface area contributed by atoms with Gasteiger partial charge in [0, 0.05) is 0 Å². The van der Waals surface area contributed by atoms with Crippen molar-refractivity contribution in [2.24, 2.45) is 5.92 Å². The summed E-state index contributed by atoms with van der Waals surface area (Å²) in [5.41, 5.74) is -0.564. The molecule has 0 spiro atoms. The number of rotatable bonds is 5. The zero-order valence-corrected chi connectivity index (χ0v) is 14.1. The van der Waals surface area contributed by atoms with Gasteiger partial charge in [-0.2, -0.15) is 0 Å². The molecule has 1 saturated heterocycles. The number of carbonyl (C=O) groups is 2. The summed E-state index contributed by atoms with van der Waals surface area (Å²) >= 11 is 0. The molecular weight excluding hydrogens is 270 g/mol. The Hall–Kier alpha value is -1.10. The van der Waals surface area contributed by atoms with Crippen LogP contribution >= 0.6 is 0 Å². The Balaban J connectivity index is 2.70. The van der Waals surface area contributed by atoms with E-state index < -0.39 is 17.7 Å². The Labute approximate surface area is 127 Å². The zero-order chi connectivity index (χ0) is 16.2. The number of nitrogens with one attached hydrogen (secondary N) is 1. The smallest absolute Gasteiger partial charge is 0.329 e. The molecule has 0 aromatic carbocycles. The summed E-state index contributed by atoms with van der Waals surface area (Å²) < 4.78 is 11.0. The van der Waals surface area contributed by atoms with Gasteiger partial charge in [0.15, 0.2) is 0 Å². The summed E-state index contributed by atoms with van der Waals surface area (Å²) in [4.78, 5) is 24.5. The standard InChI is InChI=1S/C16H29NO4/c1-7-10(2)13(15(19)21-16(4,5)6)17-14(18)12-9-8-11(3)20-12/h10-13H,7-9H2,1-6H3,(H,17,18)/t10-,11?,12?,13-/m0/s1. The lowest BCUT2D eigenvalue weighted by atomic mass is 9.98. The highest BCUT2D eigenvalue weighted by Crippen LogP contribution is 2.20. The first-order valence-electron chi connectivity index (χ1n) is 7.82. The van der Waals surface area contributed by atoms with Crippen LogP contribution in [0.2, 0.25) is 0 Å². The van der Waals surface area contributed by atoms with Crippen LogP contribution in [0.3, 0.4) is 0 Å². The molecule has 1 aliphatic rings. The Morgan fingerprint density at radius 2 is 1.95 bits per heavy atom. The van der Waals surface area contributed by atoms with Gasteiger partial charge in [0.25, 0.3) is 0 Å². The van der Waals surface area contributed by atoms with Crippen LogP contribution in [-0.2, 0) is 19.1 Å². The second-order valence-corrected chi connectivity index (χ2v) is 6.92. The van der Waals surface area contributed by atoms with Crippen LogP contribution in [-0.4, -0.2) is 35.7 Å². The molecule has 0 aliphatic carbocycles. The first-order chi connectivity index (χ1) is 9.64. The summed E-state index contributed by atoms with van der Waals surface area (Å²) in [6, 6.07) is -0.624. The molecule has 0 aromatic heterocycles. The summed E-state index contributed by atoms with van der Waals surface area (Å²) in [7, 11) is 0. The molecular formula is C16H29NO4. The molecule has 5 heteroatoms. The Morgan fingerprint density at radius 1 is 1.33 bits per heavy atom. The molecule has 4 atom stereocenters. The predicted octanol–water partition coefficient (Wildman–Crippen LogP) is 2.43. The number of hydrogen-bond donors (Lipinski definition) is 1. The topological polar surface area (TPSA) is 64.6 Å². The molecule has 1 N–H and O–H groups in total. The highest BCUT2D eigenvalue weighted by Gasteiger charge is 2.34. The van der Waals surface area contributed by atoms with Crippen molar-refractivity contribution >= 4 is 11.9 Å². The van der Waals surface area contributed by atoms with Crippen LogP contribution in [0.15, 0.2) is 0 Å². The van der Waals surface area contributed by atoms with E-state index >= 15 is 0 Å². The van der Waals surface area contributed by atoms with Gasteiger partial charge in [-0.3, -0.25) is 4.79 Å². The molecule has 21 heavy (non-hydrogen) atoms. The van der Waals surface area contributed by atoms with E-state index in [1.807, 2.05) is 41.5 Å². The van der Waals surface area contributed by atoms with Crippen LogP contribution in [0, 0.1) is 5.92 Å². The summed E-state index contributed by atoms with van der Waals surface area (Å²) in [6.45, 7) is 11.3. The van der Waals surface area contributed by atoms with Crippen molar-refractivity contribution in [3.05, 3.63) is 0 Å². The molecule has 0 saturated carbocycles. The van der Waals surface area contributed by atoms with E-state index in [4.69, 9.17) is 9.47 Å². The third-order valence-electron chi connectivity index (χ3n) is 3.70. The van der Waals surface area contributed by atoms with Gasteiger partial charge in [-0.05, 0) is 46.5 Å². The van der Waals surface area contributed by atoms with Crippen molar-refractivity contribution in [2.45, 2.75) is 84.7 Å². The van der Waals surface area contributed by atoms with E-state index in [-0.39, 0.29) is 23.9 Å². The van der Waals surface area contributed by atoms with Crippen molar-refractivity contribution in [1.82, 2.24) is 5.32 Å². The van der Waals surface area contributed by atoms with Gasteiger partial charge in [-0.1, -0.05) is 20.3 Å². The fourth-order valence-electron chi connectivity index (χ4n) is 2.28.